The lowest BCUT2D eigenvalue weighted by atomic mass is 10.1. The molecule has 0 fully saturated rings. The van der Waals surface area contributed by atoms with E-state index in [-0.39, 0.29) is 0 Å². The molecule has 0 aliphatic heterocycles. The highest BCUT2D eigenvalue weighted by Gasteiger charge is 2.14. The molecule has 1 aromatic rings. The largest absolute Gasteiger partial charge is 0.254 e. The number of hydrogen-bond donors (Lipinski definition) is 0. The van der Waals surface area contributed by atoms with Gasteiger partial charge in [0.1, 0.15) is 5.15 Å². The van der Waals surface area contributed by atoms with Gasteiger partial charge in [-0.1, -0.05) is 25.4 Å². The minimum absolute atomic E-state index is 0.456. The third-order valence-corrected chi connectivity index (χ3v) is 2.38. The molecule has 0 aromatic carbocycles. The Morgan fingerprint density at radius 3 is 2.33 bits per heavy atom. The quantitative estimate of drug-likeness (QED) is 0.695. The number of hydrogen-bond acceptors (Lipinski definition) is 1. The normalized spacial score (nSPS) is 11.2. The highest BCUT2D eigenvalue weighted by Crippen LogP contribution is 2.26. The molecule has 1 rings (SSSR count). The molecular formula is C9H15ClN2. The Morgan fingerprint density at radius 2 is 2.08 bits per heavy atom. The van der Waals surface area contributed by atoms with Crippen molar-refractivity contribution >= 4 is 11.6 Å². The van der Waals surface area contributed by atoms with Crippen LogP contribution in [0.3, 0.4) is 0 Å². The van der Waals surface area contributed by atoms with Crippen molar-refractivity contribution in [2.45, 2.75) is 40.2 Å². The molecular weight excluding hydrogens is 172 g/mol. The van der Waals surface area contributed by atoms with Gasteiger partial charge in [0, 0.05) is 12.1 Å². The standard InChI is InChI=1S/C9H15ClN2/c1-5-12-9(10)8(6(2)3)7(4)11-12/h6H,5H2,1-4H3. The minimum Gasteiger partial charge on any atom is -0.254 e. The minimum atomic E-state index is 0.456. The van der Waals surface area contributed by atoms with Gasteiger partial charge in [0.2, 0.25) is 0 Å². The molecule has 0 amide bonds. The molecule has 1 heterocycles. The maximum absolute atomic E-state index is 6.13. The summed E-state index contributed by atoms with van der Waals surface area (Å²) in [5.41, 5.74) is 2.23. The van der Waals surface area contributed by atoms with E-state index in [9.17, 15) is 0 Å². The first-order valence-electron chi connectivity index (χ1n) is 4.30. The number of halogens is 1. The maximum atomic E-state index is 6.13. The highest BCUT2D eigenvalue weighted by molar-refractivity contribution is 6.30. The van der Waals surface area contributed by atoms with Crippen LogP contribution in [0.5, 0.6) is 0 Å². The highest BCUT2D eigenvalue weighted by atomic mass is 35.5. The molecule has 1 aromatic heterocycles. The predicted molar refractivity (Wildman–Crippen MR) is 51.7 cm³/mol. The van der Waals surface area contributed by atoms with Crippen LogP contribution in [-0.4, -0.2) is 9.78 Å². The van der Waals surface area contributed by atoms with Gasteiger partial charge in [-0.05, 0) is 19.8 Å². The Labute approximate surface area is 78.5 Å². The first-order chi connectivity index (χ1) is 5.57. The molecule has 0 N–H and O–H groups in total. The zero-order valence-corrected chi connectivity index (χ0v) is 8.81. The molecule has 12 heavy (non-hydrogen) atoms. The SMILES string of the molecule is CCn1nc(C)c(C(C)C)c1Cl. The van der Waals surface area contributed by atoms with E-state index >= 15 is 0 Å². The van der Waals surface area contributed by atoms with Gasteiger partial charge >= 0.3 is 0 Å². The van der Waals surface area contributed by atoms with Gasteiger partial charge in [-0.2, -0.15) is 5.10 Å². The average Bonchev–Trinajstić information content (AvgIpc) is 2.25. The van der Waals surface area contributed by atoms with Gasteiger partial charge < -0.3 is 0 Å². The predicted octanol–water partition coefficient (Wildman–Crippen LogP) is 2.99. The van der Waals surface area contributed by atoms with Crippen molar-refractivity contribution in [2.24, 2.45) is 0 Å². The van der Waals surface area contributed by atoms with Crippen molar-refractivity contribution < 1.29 is 0 Å². The van der Waals surface area contributed by atoms with Crippen LogP contribution in [0.4, 0.5) is 0 Å². The Hall–Kier alpha value is -0.500. The van der Waals surface area contributed by atoms with Crippen LogP contribution in [0.2, 0.25) is 5.15 Å². The molecule has 0 atom stereocenters. The first-order valence-corrected chi connectivity index (χ1v) is 4.68. The maximum Gasteiger partial charge on any atom is 0.130 e. The molecule has 0 radical (unpaired) electrons. The Bertz CT molecular complexity index is 276. The number of aryl methyl sites for hydroxylation is 2. The van der Waals surface area contributed by atoms with Crippen LogP contribution >= 0.6 is 11.6 Å². The van der Waals surface area contributed by atoms with Crippen molar-refractivity contribution in [1.29, 1.82) is 0 Å². The van der Waals surface area contributed by atoms with E-state index < -0.39 is 0 Å². The summed E-state index contributed by atoms with van der Waals surface area (Å²) in [5.74, 6) is 0.456. The second-order valence-corrected chi connectivity index (χ2v) is 3.62. The van der Waals surface area contributed by atoms with E-state index in [0.29, 0.717) is 5.92 Å². The van der Waals surface area contributed by atoms with E-state index in [1.165, 1.54) is 5.56 Å². The Kier molecular flexibility index (Phi) is 2.78. The van der Waals surface area contributed by atoms with Gasteiger partial charge in [0.15, 0.2) is 0 Å². The molecule has 0 aliphatic rings. The smallest absolute Gasteiger partial charge is 0.130 e. The summed E-state index contributed by atoms with van der Waals surface area (Å²) in [6, 6.07) is 0. The lowest BCUT2D eigenvalue weighted by Gasteiger charge is -2.03. The number of nitrogens with zero attached hydrogens (tertiary/aromatic N) is 2. The lowest BCUT2D eigenvalue weighted by molar-refractivity contribution is 0.653. The van der Waals surface area contributed by atoms with E-state index in [4.69, 9.17) is 11.6 Å². The van der Waals surface area contributed by atoms with Crippen LogP contribution < -0.4 is 0 Å². The van der Waals surface area contributed by atoms with Gasteiger partial charge in [-0.15, -0.1) is 0 Å². The monoisotopic (exact) mass is 186 g/mol. The fraction of sp³-hybridized carbons (Fsp3) is 0.667. The van der Waals surface area contributed by atoms with Crippen LogP contribution in [0.25, 0.3) is 0 Å². The number of rotatable bonds is 2. The fourth-order valence-electron chi connectivity index (χ4n) is 1.43. The zero-order valence-electron chi connectivity index (χ0n) is 8.06. The lowest BCUT2D eigenvalue weighted by Crippen LogP contribution is -1.96. The third-order valence-electron chi connectivity index (χ3n) is 1.99. The van der Waals surface area contributed by atoms with Crippen LogP contribution in [0.1, 0.15) is 37.9 Å². The van der Waals surface area contributed by atoms with Crippen LogP contribution in [0.15, 0.2) is 0 Å². The van der Waals surface area contributed by atoms with Gasteiger partial charge in [-0.3, -0.25) is 4.68 Å². The molecule has 0 saturated heterocycles. The summed E-state index contributed by atoms with van der Waals surface area (Å²) < 4.78 is 1.84. The van der Waals surface area contributed by atoms with Gasteiger partial charge in [0.25, 0.3) is 0 Å². The summed E-state index contributed by atoms with van der Waals surface area (Å²) in [5, 5.41) is 5.13. The van der Waals surface area contributed by atoms with Crippen molar-refractivity contribution in [2.75, 3.05) is 0 Å². The second-order valence-electron chi connectivity index (χ2n) is 3.26. The first kappa shape index (κ1) is 9.59. The van der Waals surface area contributed by atoms with E-state index in [2.05, 4.69) is 18.9 Å². The van der Waals surface area contributed by atoms with Crippen molar-refractivity contribution in [1.82, 2.24) is 9.78 Å². The molecule has 2 nitrogen and oxygen atoms in total. The summed E-state index contributed by atoms with van der Waals surface area (Å²) in [4.78, 5) is 0. The van der Waals surface area contributed by atoms with Crippen molar-refractivity contribution in [3.8, 4) is 0 Å². The molecule has 0 unspecified atom stereocenters. The third kappa shape index (κ3) is 1.48. The average molecular weight is 187 g/mol. The second kappa shape index (κ2) is 3.48. The summed E-state index contributed by atoms with van der Waals surface area (Å²) >= 11 is 6.13. The number of aromatic nitrogens is 2. The van der Waals surface area contributed by atoms with E-state index in [1.54, 1.807) is 0 Å². The van der Waals surface area contributed by atoms with E-state index in [0.717, 1.165) is 17.4 Å². The van der Waals surface area contributed by atoms with Gasteiger partial charge in [0.05, 0.1) is 5.69 Å². The van der Waals surface area contributed by atoms with Crippen LogP contribution in [0, 0.1) is 6.92 Å². The molecule has 0 bridgehead atoms. The summed E-state index contributed by atoms with van der Waals surface area (Å²) in [6.45, 7) is 9.16. The zero-order chi connectivity index (χ0) is 9.30. The Morgan fingerprint density at radius 1 is 1.50 bits per heavy atom. The fourth-order valence-corrected chi connectivity index (χ4v) is 1.94. The molecule has 0 aliphatic carbocycles. The topological polar surface area (TPSA) is 17.8 Å². The van der Waals surface area contributed by atoms with Crippen LogP contribution in [-0.2, 0) is 6.54 Å². The van der Waals surface area contributed by atoms with Crippen molar-refractivity contribution in [3.05, 3.63) is 16.4 Å². The molecule has 0 spiro atoms. The summed E-state index contributed by atoms with van der Waals surface area (Å²) in [7, 11) is 0. The molecule has 68 valence electrons. The summed E-state index contributed by atoms with van der Waals surface area (Å²) in [6.07, 6.45) is 0. The van der Waals surface area contributed by atoms with E-state index in [1.807, 2.05) is 18.5 Å². The molecule has 0 saturated carbocycles. The van der Waals surface area contributed by atoms with Crippen molar-refractivity contribution in [3.63, 3.8) is 0 Å². The molecule has 3 heteroatoms. The van der Waals surface area contributed by atoms with Gasteiger partial charge in [-0.25, -0.2) is 0 Å². The Balaban J connectivity index is 3.19.